The molecule has 26 heavy (non-hydrogen) atoms. The van der Waals surface area contributed by atoms with Gasteiger partial charge in [0.2, 0.25) is 5.91 Å². The van der Waals surface area contributed by atoms with Gasteiger partial charge in [-0.05, 0) is 50.2 Å². The molecule has 0 aromatic heterocycles. The quantitative estimate of drug-likeness (QED) is 0.728. The molecule has 2 aromatic carbocycles. The van der Waals surface area contributed by atoms with Gasteiger partial charge < -0.3 is 25.8 Å². The second-order valence-corrected chi connectivity index (χ2v) is 6.88. The minimum Gasteiger partial charge on any atom is -0.484 e. The zero-order valence-electron chi connectivity index (χ0n) is 14.7. The summed E-state index contributed by atoms with van der Waals surface area (Å²) in [5.74, 6) is -0.553. The third kappa shape index (κ3) is 3.88. The number of rotatable bonds is 4. The van der Waals surface area contributed by atoms with Crippen LogP contribution in [0.3, 0.4) is 0 Å². The van der Waals surface area contributed by atoms with Gasteiger partial charge in [0.15, 0.2) is 0 Å². The normalized spacial score (nSPS) is 14.9. The number of hydrogen-bond acceptors (Lipinski definition) is 5. The molecule has 0 spiro atoms. The molecule has 7 nitrogen and oxygen atoms in total. The van der Waals surface area contributed by atoms with Gasteiger partial charge in [0, 0.05) is 17.4 Å². The van der Waals surface area contributed by atoms with Crippen LogP contribution in [0.5, 0.6) is 5.75 Å². The maximum Gasteiger partial charge on any atom is 0.335 e. The molecule has 2 aromatic rings. The third-order valence-corrected chi connectivity index (χ3v) is 4.03. The summed E-state index contributed by atoms with van der Waals surface area (Å²) in [7, 11) is 0. The van der Waals surface area contributed by atoms with Crippen LogP contribution in [-0.4, -0.2) is 35.7 Å². The Kier molecular flexibility index (Phi) is 4.46. The molecule has 1 aliphatic rings. The molecule has 3 rings (SSSR count). The van der Waals surface area contributed by atoms with E-state index in [1.807, 2.05) is 24.8 Å². The molecule has 0 aliphatic carbocycles. The molecular weight excluding hydrogens is 334 g/mol. The van der Waals surface area contributed by atoms with E-state index in [1.54, 1.807) is 24.3 Å². The fourth-order valence-corrected chi connectivity index (χ4v) is 2.96. The number of anilines is 3. The summed E-state index contributed by atoms with van der Waals surface area (Å²) in [6, 6.07) is 11.4. The van der Waals surface area contributed by atoms with E-state index in [0.29, 0.717) is 23.7 Å². The minimum atomic E-state index is -1.01. The first-order valence-electron chi connectivity index (χ1n) is 8.20. The molecule has 1 heterocycles. The molecule has 0 atom stereocenters. The Hall–Kier alpha value is -3.22. The average Bonchev–Trinajstić information content (AvgIpc) is 2.53. The number of carbonyl (C=O) groups excluding carboxylic acids is 1. The summed E-state index contributed by atoms with van der Waals surface area (Å²) in [5.41, 5.74) is 7.51. The summed E-state index contributed by atoms with van der Waals surface area (Å²) in [6.45, 7) is 4.60. The average molecular weight is 355 g/mol. The van der Waals surface area contributed by atoms with Gasteiger partial charge in [-0.15, -0.1) is 0 Å². The Morgan fingerprint density at radius 1 is 1.23 bits per heavy atom. The van der Waals surface area contributed by atoms with E-state index in [2.05, 4.69) is 5.32 Å². The molecule has 7 heteroatoms. The summed E-state index contributed by atoms with van der Waals surface area (Å²) in [6.07, 6.45) is 0. The van der Waals surface area contributed by atoms with Crippen molar-refractivity contribution in [2.24, 2.45) is 0 Å². The standard InChI is InChI=1S/C19H21N3O4/c1-19(2)11-22(15-8-5-13(20)9-16(15)26-19)10-17(23)21-14-6-3-12(4-7-14)18(24)25/h3-9H,10-11,20H2,1-2H3,(H,21,23)(H,24,25). The van der Waals surface area contributed by atoms with Gasteiger partial charge in [0.1, 0.15) is 11.4 Å². The molecule has 4 N–H and O–H groups in total. The number of aromatic carboxylic acids is 1. The highest BCUT2D eigenvalue weighted by Crippen LogP contribution is 2.38. The number of fused-ring (bicyclic) bond motifs is 1. The lowest BCUT2D eigenvalue weighted by atomic mass is 10.0. The minimum absolute atomic E-state index is 0.143. The van der Waals surface area contributed by atoms with Crippen LogP contribution >= 0.6 is 0 Å². The summed E-state index contributed by atoms with van der Waals surface area (Å²) >= 11 is 0. The molecule has 1 aliphatic heterocycles. The van der Waals surface area contributed by atoms with E-state index in [-0.39, 0.29) is 18.0 Å². The van der Waals surface area contributed by atoms with Crippen LogP contribution in [0.25, 0.3) is 0 Å². The van der Waals surface area contributed by atoms with E-state index in [1.165, 1.54) is 12.1 Å². The largest absolute Gasteiger partial charge is 0.484 e. The number of nitrogens with zero attached hydrogens (tertiary/aromatic N) is 1. The van der Waals surface area contributed by atoms with Crippen molar-refractivity contribution in [2.75, 3.05) is 29.0 Å². The molecule has 0 bridgehead atoms. The number of carboxylic acid groups (broad SMARTS) is 1. The monoisotopic (exact) mass is 355 g/mol. The van der Waals surface area contributed by atoms with Crippen LogP contribution in [0.4, 0.5) is 17.1 Å². The van der Waals surface area contributed by atoms with Gasteiger partial charge in [-0.25, -0.2) is 4.79 Å². The summed E-state index contributed by atoms with van der Waals surface area (Å²) in [4.78, 5) is 25.3. The van der Waals surface area contributed by atoms with Crippen molar-refractivity contribution in [2.45, 2.75) is 19.4 Å². The van der Waals surface area contributed by atoms with Crippen LogP contribution in [0.15, 0.2) is 42.5 Å². The van der Waals surface area contributed by atoms with Gasteiger partial charge in [0.25, 0.3) is 0 Å². The molecule has 0 unspecified atom stereocenters. The summed E-state index contributed by atoms with van der Waals surface area (Å²) < 4.78 is 5.96. The Bertz CT molecular complexity index is 846. The first-order chi connectivity index (χ1) is 12.2. The first kappa shape index (κ1) is 17.6. The number of nitrogen functional groups attached to an aromatic ring is 1. The van der Waals surface area contributed by atoms with Crippen LogP contribution in [-0.2, 0) is 4.79 Å². The van der Waals surface area contributed by atoms with Crippen molar-refractivity contribution in [1.29, 1.82) is 0 Å². The van der Waals surface area contributed by atoms with Crippen LogP contribution < -0.4 is 20.7 Å². The Morgan fingerprint density at radius 3 is 2.58 bits per heavy atom. The number of nitrogens with two attached hydrogens (primary N) is 1. The fourth-order valence-electron chi connectivity index (χ4n) is 2.96. The third-order valence-electron chi connectivity index (χ3n) is 4.03. The van der Waals surface area contributed by atoms with Crippen molar-refractivity contribution in [3.63, 3.8) is 0 Å². The highest BCUT2D eigenvalue weighted by Gasteiger charge is 2.32. The topological polar surface area (TPSA) is 105 Å². The number of amides is 1. The smallest absolute Gasteiger partial charge is 0.335 e. The van der Waals surface area contributed by atoms with Gasteiger partial charge in [-0.2, -0.15) is 0 Å². The van der Waals surface area contributed by atoms with Crippen molar-refractivity contribution >= 4 is 28.9 Å². The number of nitrogens with one attached hydrogen (secondary N) is 1. The predicted octanol–water partition coefficient (Wildman–Crippen LogP) is 2.58. The molecule has 0 radical (unpaired) electrons. The number of carbonyl (C=O) groups is 2. The molecule has 1 amide bonds. The highest BCUT2D eigenvalue weighted by atomic mass is 16.5. The van der Waals surface area contributed by atoms with Crippen LogP contribution in [0.2, 0.25) is 0 Å². The second kappa shape index (κ2) is 6.59. The fraction of sp³-hybridized carbons (Fsp3) is 0.263. The number of carboxylic acids is 1. The molecule has 0 fully saturated rings. The van der Waals surface area contributed by atoms with Gasteiger partial charge in [-0.1, -0.05) is 0 Å². The maximum atomic E-state index is 12.5. The van der Waals surface area contributed by atoms with Crippen LogP contribution in [0, 0.1) is 0 Å². The number of benzene rings is 2. The second-order valence-electron chi connectivity index (χ2n) is 6.88. The van der Waals surface area contributed by atoms with Crippen LogP contribution in [0.1, 0.15) is 24.2 Å². The van der Waals surface area contributed by atoms with E-state index in [4.69, 9.17) is 15.6 Å². The zero-order chi connectivity index (χ0) is 18.9. The van der Waals surface area contributed by atoms with Crippen molar-refractivity contribution in [3.05, 3.63) is 48.0 Å². The predicted molar refractivity (Wildman–Crippen MR) is 99.8 cm³/mol. The number of hydrogen-bond donors (Lipinski definition) is 3. The summed E-state index contributed by atoms with van der Waals surface area (Å²) in [5, 5.41) is 11.7. The van der Waals surface area contributed by atoms with E-state index < -0.39 is 11.6 Å². The van der Waals surface area contributed by atoms with Crippen molar-refractivity contribution < 1.29 is 19.4 Å². The lowest BCUT2D eigenvalue weighted by Crippen LogP contribution is -2.49. The molecule has 0 saturated carbocycles. The van der Waals surface area contributed by atoms with E-state index in [0.717, 1.165) is 5.69 Å². The number of ether oxygens (including phenoxy) is 1. The Labute approximate surface area is 151 Å². The Balaban J connectivity index is 1.73. The lowest BCUT2D eigenvalue weighted by molar-refractivity contribution is -0.115. The molecule has 0 saturated heterocycles. The van der Waals surface area contributed by atoms with E-state index >= 15 is 0 Å². The van der Waals surface area contributed by atoms with Crippen molar-refractivity contribution in [3.8, 4) is 5.75 Å². The molecule has 136 valence electrons. The SMILES string of the molecule is CC1(C)CN(CC(=O)Nc2ccc(C(=O)O)cc2)c2ccc(N)cc2O1. The maximum absolute atomic E-state index is 12.5. The van der Waals surface area contributed by atoms with Gasteiger partial charge in [0.05, 0.1) is 24.3 Å². The Morgan fingerprint density at radius 2 is 1.92 bits per heavy atom. The highest BCUT2D eigenvalue weighted by molar-refractivity contribution is 5.95. The lowest BCUT2D eigenvalue weighted by Gasteiger charge is -2.40. The van der Waals surface area contributed by atoms with Crippen molar-refractivity contribution in [1.82, 2.24) is 0 Å². The zero-order valence-corrected chi connectivity index (χ0v) is 14.7. The molecular formula is C19H21N3O4. The van der Waals surface area contributed by atoms with E-state index in [9.17, 15) is 9.59 Å². The van der Waals surface area contributed by atoms with Gasteiger partial charge >= 0.3 is 5.97 Å². The first-order valence-corrected chi connectivity index (χ1v) is 8.20. The van der Waals surface area contributed by atoms with Gasteiger partial charge in [-0.3, -0.25) is 4.79 Å².